The summed E-state index contributed by atoms with van der Waals surface area (Å²) < 4.78 is 0. The number of benzene rings is 4. The van der Waals surface area contributed by atoms with E-state index in [4.69, 9.17) is 0 Å². The van der Waals surface area contributed by atoms with Crippen LogP contribution in [0.15, 0.2) is 97.1 Å². The fourth-order valence-corrected chi connectivity index (χ4v) is 5.86. The topological polar surface area (TPSA) is 3.24 Å². The van der Waals surface area contributed by atoms with E-state index in [1.165, 1.54) is 59.4 Å². The third-order valence-electron chi connectivity index (χ3n) is 7.49. The van der Waals surface area contributed by atoms with E-state index in [9.17, 15) is 0 Å². The number of fused-ring (bicyclic) bond motifs is 2. The molecule has 3 aliphatic rings. The van der Waals surface area contributed by atoms with Gasteiger partial charge in [0.15, 0.2) is 0 Å². The lowest BCUT2D eigenvalue weighted by atomic mass is 9.66. The van der Waals surface area contributed by atoms with Gasteiger partial charge in [-0.1, -0.05) is 60.7 Å². The first-order valence-electron chi connectivity index (χ1n) is 11.9. The molecule has 1 heteroatoms. The molecule has 0 aromatic heterocycles. The Balaban J connectivity index is 1.40. The fourth-order valence-electron chi connectivity index (χ4n) is 5.86. The molecule has 4 aromatic carbocycles. The summed E-state index contributed by atoms with van der Waals surface area (Å²) in [5, 5.41) is 0. The number of hydrogen-bond acceptors (Lipinski definition) is 1. The quantitative estimate of drug-likeness (QED) is 0.322. The first kappa shape index (κ1) is 19.4. The maximum atomic E-state index is 2.49. The van der Waals surface area contributed by atoms with Crippen LogP contribution in [0.2, 0.25) is 0 Å². The molecule has 0 amide bonds. The van der Waals surface area contributed by atoms with Gasteiger partial charge in [0.05, 0.1) is 0 Å². The summed E-state index contributed by atoms with van der Waals surface area (Å²) >= 11 is 0. The molecule has 0 unspecified atom stereocenters. The minimum Gasteiger partial charge on any atom is -0.310 e. The number of nitrogens with zero attached hydrogens (tertiary/aromatic N) is 1. The van der Waals surface area contributed by atoms with Gasteiger partial charge in [0.1, 0.15) is 0 Å². The third-order valence-corrected chi connectivity index (χ3v) is 7.49. The Morgan fingerprint density at radius 3 is 1.69 bits per heavy atom. The lowest BCUT2D eigenvalue weighted by Gasteiger charge is -2.38. The zero-order valence-electron chi connectivity index (χ0n) is 18.7. The molecule has 0 heterocycles. The molecule has 1 fully saturated rings. The van der Waals surface area contributed by atoms with Crippen LogP contribution in [0.5, 0.6) is 0 Å². The summed E-state index contributed by atoms with van der Waals surface area (Å²) in [7, 11) is 0. The van der Waals surface area contributed by atoms with Crippen molar-refractivity contribution in [2.45, 2.75) is 44.4 Å². The summed E-state index contributed by atoms with van der Waals surface area (Å²) in [6.07, 6.45) is 5.53. The number of para-hydroxylation sites is 2. The summed E-state index contributed by atoms with van der Waals surface area (Å²) in [5.41, 5.74) is 10.8. The maximum Gasteiger partial charge on any atom is 0.0491 e. The maximum absolute atomic E-state index is 2.49. The van der Waals surface area contributed by atoms with Crippen molar-refractivity contribution in [1.82, 2.24) is 0 Å². The van der Waals surface area contributed by atoms with E-state index in [1.54, 1.807) is 11.1 Å². The number of rotatable bonds is 4. The first-order chi connectivity index (χ1) is 15.8. The van der Waals surface area contributed by atoms with E-state index < -0.39 is 0 Å². The van der Waals surface area contributed by atoms with Crippen molar-refractivity contribution in [2.24, 2.45) is 0 Å². The van der Waals surface area contributed by atoms with E-state index in [0.717, 1.165) is 11.8 Å². The fraction of sp³-hybridized carbons (Fsp3) is 0.226. The zero-order valence-corrected chi connectivity index (χ0v) is 18.7. The van der Waals surface area contributed by atoms with E-state index in [0.29, 0.717) is 0 Å². The Labute approximate surface area is 191 Å². The van der Waals surface area contributed by atoms with Crippen LogP contribution in [-0.4, -0.2) is 0 Å². The Hall–Kier alpha value is -3.32. The van der Waals surface area contributed by atoms with Gasteiger partial charge < -0.3 is 4.90 Å². The Morgan fingerprint density at radius 1 is 0.562 bits per heavy atom. The number of anilines is 3. The van der Waals surface area contributed by atoms with Gasteiger partial charge in [0.2, 0.25) is 0 Å². The normalized spacial score (nSPS) is 18.9. The van der Waals surface area contributed by atoms with Crippen LogP contribution in [0.1, 0.15) is 54.2 Å². The van der Waals surface area contributed by atoms with Crippen LogP contribution >= 0.6 is 0 Å². The molecule has 32 heavy (non-hydrogen) atoms. The Kier molecular flexibility index (Phi) is 4.83. The van der Waals surface area contributed by atoms with Crippen LogP contribution in [-0.2, 0) is 0 Å². The van der Waals surface area contributed by atoms with E-state index in [2.05, 4.69) is 109 Å². The van der Waals surface area contributed by atoms with Gasteiger partial charge in [-0.05, 0) is 109 Å². The largest absolute Gasteiger partial charge is 0.310 e. The molecule has 0 aliphatic heterocycles. The van der Waals surface area contributed by atoms with Crippen LogP contribution in [0.25, 0.3) is 11.1 Å². The van der Waals surface area contributed by atoms with Crippen molar-refractivity contribution in [3.8, 4) is 11.1 Å². The molecule has 0 N–H and O–H groups in total. The van der Waals surface area contributed by atoms with Crippen LogP contribution in [0.3, 0.4) is 0 Å². The van der Waals surface area contributed by atoms with Gasteiger partial charge >= 0.3 is 0 Å². The van der Waals surface area contributed by atoms with Gasteiger partial charge in [-0.25, -0.2) is 0 Å². The van der Waals surface area contributed by atoms with Crippen molar-refractivity contribution in [2.75, 3.05) is 4.90 Å². The molecular formula is C31H29N. The molecule has 1 saturated carbocycles. The predicted molar refractivity (Wildman–Crippen MR) is 135 cm³/mol. The highest BCUT2D eigenvalue weighted by atomic mass is 15.1. The van der Waals surface area contributed by atoms with Crippen LogP contribution in [0.4, 0.5) is 17.1 Å². The van der Waals surface area contributed by atoms with Crippen LogP contribution in [0, 0.1) is 6.92 Å². The molecular weight excluding hydrogens is 386 g/mol. The van der Waals surface area contributed by atoms with Crippen LogP contribution < -0.4 is 4.90 Å². The molecule has 0 radical (unpaired) electrons. The van der Waals surface area contributed by atoms with Gasteiger partial charge in [0.25, 0.3) is 0 Å². The van der Waals surface area contributed by atoms with Crippen molar-refractivity contribution < 1.29 is 0 Å². The Bertz CT molecular complexity index is 1190. The lowest BCUT2D eigenvalue weighted by molar-refractivity contribution is 0.359. The highest BCUT2D eigenvalue weighted by Gasteiger charge is 2.32. The molecule has 158 valence electrons. The standard InChI is InChI=1S/C31H29N/c1-22-20-25(26-16-18-29-23-12-14-24(15-13-23)30(29)21-26)17-19-31(22)32(27-8-4-2-5-9-27)28-10-6-3-7-11-28/h2-11,16-21,23-24H,12-15H2,1H3. The minimum atomic E-state index is 0.780. The summed E-state index contributed by atoms with van der Waals surface area (Å²) in [4.78, 5) is 2.35. The SMILES string of the molecule is Cc1cc(-c2ccc3c(c2)C2CCC3CC2)ccc1N(c1ccccc1)c1ccccc1. The second-order valence-electron chi connectivity index (χ2n) is 9.40. The van der Waals surface area contributed by atoms with Gasteiger partial charge in [-0.15, -0.1) is 0 Å². The smallest absolute Gasteiger partial charge is 0.0491 e. The molecule has 2 bridgehead atoms. The number of aryl methyl sites for hydroxylation is 1. The van der Waals surface area contributed by atoms with E-state index in [-0.39, 0.29) is 0 Å². The second kappa shape index (κ2) is 7.98. The molecule has 7 rings (SSSR count). The van der Waals surface area contributed by atoms with Gasteiger partial charge in [-0.3, -0.25) is 0 Å². The summed E-state index contributed by atoms with van der Waals surface area (Å²) in [6.45, 7) is 2.23. The third kappa shape index (κ3) is 3.33. The molecule has 3 aliphatic carbocycles. The van der Waals surface area contributed by atoms with Gasteiger partial charge in [-0.2, -0.15) is 0 Å². The predicted octanol–water partition coefficient (Wildman–Crippen LogP) is 8.89. The lowest BCUT2D eigenvalue weighted by Crippen LogP contribution is -2.21. The minimum absolute atomic E-state index is 0.780. The summed E-state index contributed by atoms with van der Waals surface area (Å²) in [5.74, 6) is 1.58. The summed E-state index contributed by atoms with van der Waals surface area (Å²) in [6, 6.07) is 35.5. The van der Waals surface area contributed by atoms with E-state index in [1.807, 2.05) is 0 Å². The Morgan fingerprint density at radius 2 is 1.09 bits per heavy atom. The molecule has 1 nitrogen and oxygen atoms in total. The van der Waals surface area contributed by atoms with Crippen molar-refractivity contribution in [1.29, 1.82) is 0 Å². The number of hydrogen-bond donors (Lipinski definition) is 0. The average molecular weight is 416 g/mol. The molecule has 0 atom stereocenters. The molecule has 4 aromatic rings. The highest BCUT2D eigenvalue weighted by Crippen LogP contribution is 2.50. The van der Waals surface area contributed by atoms with E-state index >= 15 is 0 Å². The first-order valence-corrected chi connectivity index (χ1v) is 11.9. The van der Waals surface area contributed by atoms with Crippen molar-refractivity contribution >= 4 is 17.1 Å². The molecule has 0 saturated heterocycles. The molecule has 0 spiro atoms. The zero-order chi connectivity index (χ0) is 21.5. The van der Waals surface area contributed by atoms with Gasteiger partial charge in [0, 0.05) is 17.1 Å². The monoisotopic (exact) mass is 415 g/mol. The second-order valence-corrected chi connectivity index (χ2v) is 9.40. The van der Waals surface area contributed by atoms with Crippen molar-refractivity contribution in [3.05, 3.63) is 114 Å². The highest BCUT2D eigenvalue weighted by molar-refractivity contribution is 5.80. The van der Waals surface area contributed by atoms with Crippen molar-refractivity contribution in [3.63, 3.8) is 0 Å². The average Bonchev–Trinajstić information content (AvgIpc) is 2.87.